The van der Waals surface area contributed by atoms with Crippen LogP contribution in [0.5, 0.6) is 0 Å². The first-order valence-corrected chi connectivity index (χ1v) is 6.75. The average molecular weight is 302 g/mol. The predicted octanol–water partition coefficient (Wildman–Crippen LogP) is 4.77. The number of fused-ring (bicyclic) bond motifs is 1. The van der Waals surface area contributed by atoms with Crippen molar-refractivity contribution in [2.24, 2.45) is 0 Å². The van der Waals surface area contributed by atoms with Crippen molar-refractivity contribution in [3.63, 3.8) is 0 Å². The Morgan fingerprint density at radius 3 is 2.55 bits per heavy atom. The Morgan fingerprint density at radius 2 is 1.75 bits per heavy atom. The van der Waals surface area contributed by atoms with Crippen LogP contribution in [0.4, 0.5) is 0 Å². The Kier molecular flexibility index (Phi) is 3.43. The van der Waals surface area contributed by atoms with Gasteiger partial charge in [0.05, 0.1) is 10.0 Å². The summed E-state index contributed by atoms with van der Waals surface area (Å²) in [6, 6.07) is 12.5. The van der Waals surface area contributed by atoms with Gasteiger partial charge < -0.3 is 0 Å². The first kappa shape index (κ1) is 13.1. The minimum atomic E-state index is -0.118. The van der Waals surface area contributed by atoms with Crippen molar-refractivity contribution in [3.8, 4) is 0 Å². The van der Waals surface area contributed by atoms with Gasteiger partial charge in [-0.25, -0.2) is 0 Å². The Hall–Kier alpha value is -1.90. The van der Waals surface area contributed by atoms with Gasteiger partial charge in [0.15, 0.2) is 5.78 Å². The molecule has 0 unspecified atom stereocenters. The highest BCUT2D eigenvalue weighted by Gasteiger charge is 2.14. The van der Waals surface area contributed by atoms with E-state index in [9.17, 15) is 4.79 Å². The van der Waals surface area contributed by atoms with Crippen LogP contribution in [-0.2, 0) is 0 Å². The molecule has 0 spiro atoms. The van der Waals surface area contributed by atoms with Crippen molar-refractivity contribution < 1.29 is 4.79 Å². The second kappa shape index (κ2) is 5.23. The lowest BCUT2D eigenvalue weighted by Crippen LogP contribution is -2.03. The van der Waals surface area contributed by atoms with E-state index in [-0.39, 0.29) is 5.78 Å². The maximum Gasteiger partial charge on any atom is 0.195 e. The molecule has 20 heavy (non-hydrogen) atoms. The van der Waals surface area contributed by atoms with E-state index < -0.39 is 0 Å². The van der Waals surface area contributed by atoms with Crippen molar-refractivity contribution in [1.82, 2.24) is 4.98 Å². The van der Waals surface area contributed by atoms with Crippen LogP contribution >= 0.6 is 23.2 Å². The van der Waals surface area contributed by atoms with Crippen LogP contribution in [0.2, 0.25) is 10.0 Å². The van der Waals surface area contributed by atoms with E-state index in [1.807, 2.05) is 24.3 Å². The molecule has 3 aromatic rings. The fraction of sp³-hybridized carbons (Fsp3) is 0. The Morgan fingerprint density at radius 1 is 0.950 bits per heavy atom. The van der Waals surface area contributed by atoms with E-state index >= 15 is 0 Å². The zero-order valence-electron chi connectivity index (χ0n) is 10.3. The van der Waals surface area contributed by atoms with Crippen LogP contribution in [0.1, 0.15) is 15.9 Å². The average Bonchev–Trinajstić information content (AvgIpc) is 2.49. The number of nitrogens with zero attached hydrogens (tertiary/aromatic N) is 1. The molecule has 0 radical (unpaired) electrons. The third-order valence-corrected chi connectivity index (χ3v) is 3.83. The normalized spacial score (nSPS) is 10.7. The minimum absolute atomic E-state index is 0.118. The molecule has 0 fully saturated rings. The highest BCUT2D eigenvalue weighted by Crippen LogP contribution is 2.25. The number of hydrogen-bond acceptors (Lipinski definition) is 2. The number of carbonyl (C=O) groups excluding carboxylic acids is 1. The summed E-state index contributed by atoms with van der Waals surface area (Å²) in [5.41, 5.74) is 1.05. The molecule has 0 atom stereocenters. The molecular formula is C16H9Cl2NO. The van der Waals surface area contributed by atoms with Gasteiger partial charge in [0.2, 0.25) is 0 Å². The van der Waals surface area contributed by atoms with Crippen molar-refractivity contribution in [2.45, 2.75) is 0 Å². The van der Waals surface area contributed by atoms with Crippen LogP contribution in [-0.4, -0.2) is 10.8 Å². The first-order valence-electron chi connectivity index (χ1n) is 5.99. The van der Waals surface area contributed by atoms with E-state index in [0.29, 0.717) is 21.2 Å². The smallest absolute Gasteiger partial charge is 0.195 e. The van der Waals surface area contributed by atoms with Crippen LogP contribution in [0.15, 0.2) is 54.9 Å². The highest BCUT2D eigenvalue weighted by molar-refractivity contribution is 6.42. The molecule has 4 heteroatoms. The van der Waals surface area contributed by atoms with Gasteiger partial charge in [-0.2, -0.15) is 0 Å². The largest absolute Gasteiger partial charge is 0.289 e. The van der Waals surface area contributed by atoms with Crippen molar-refractivity contribution in [3.05, 3.63) is 76.0 Å². The molecule has 2 nitrogen and oxygen atoms in total. The molecule has 0 saturated carbocycles. The maximum atomic E-state index is 12.6. The van der Waals surface area contributed by atoms with Crippen LogP contribution in [0.25, 0.3) is 10.8 Å². The van der Waals surface area contributed by atoms with E-state index in [2.05, 4.69) is 4.98 Å². The topological polar surface area (TPSA) is 30.0 Å². The predicted molar refractivity (Wildman–Crippen MR) is 81.6 cm³/mol. The van der Waals surface area contributed by atoms with E-state index in [1.165, 1.54) is 0 Å². The van der Waals surface area contributed by atoms with Crippen LogP contribution < -0.4 is 0 Å². The summed E-state index contributed by atoms with van der Waals surface area (Å²) < 4.78 is 0. The van der Waals surface area contributed by atoms with Gasteiger partial charge in [-0.3, -0.25) is 9.78 Å². The summed E-state index contributed by atoms with van der Waals surface area (Å²) in [7, 11) is 0. The van der Waals surface area contributed by atoms with E-state index in [4.69, 9.17) is 23.2 Å². The van der Waals surface area contributed by atoms with Gasteiger partial charge in [0.1, 0.15) is 0 Å². The lowest BCUT2D eigenvalue weighted by Gasteiger charge is -2.06. The molecule has 0 N–H and O–H groups in total. The minimum Gasteiger partial charge on any atom is -0.289 e. The van der Waals surface area contributed by atoms with Crippen molar-refractivity contribution in [1.29, 1.82) is 0 Å². The molecule has 1 heterocycles. The lowest BCUT2D eigenvalue weighted by atomic mass is 10.00. The summed E-state index contributed by atoms with van der Waals surface area (Å²) >= 11 is 11.8. The molecule has 0 aliphatic carbocycles. The number of ketones is 1. The standard InChI is InChI=1S/C16H9Cl2NO/c17-14-6-5-10(7-15(14)18)16(20)13-9-19-8-11-3-1-2-4-12(11)13/h1-9H. The number of rotatable bonds is 2. The van der Waals surface area contributed by atoms with Crippen LogP contribution in [0.3, 0.4) is 0 Å². The number of hydrogen-bond donors (Lipinski definition) is 0. The molecule has 0 aliphatic heterocycles. The van der Waals surface area contributed by atoms with Crippen molar-refractivity contribution in [2.75, 3.05) is 0 Å². The van der Waals surface area contributed by atoms with Crippen LogP contribution in [0, 0.1) is 0 Å². The second-order valence-electron chi connectivity index (χ2n) is 4.37. The summed E-state index contributed by atoms with van der Waals surface area (Å²) in [4.78, 5) is 16.7. The van der Waals surface area contributed by atoms with Gasteiger partial charge in [-0.15, -0.1) is 0 Å². The van der Waals surface area contributed by atoms with Gasteiger partial charge in [-0.05, 0) is 23.6 Å². The Balaban J connectivity index is 2.15. The second-order valence-corrected chi connectivity index (χ2v) is 5.18. The fourth-order valence-electron chi connectivity index (χ4n) is 2.09. The molecule has 0 saturated heterocycles. The molecular weight excluding hydrogens is 293 g/mol. The molecule has 1 aromatic heterocycles. The Bertz CT molecular complexity index is 809. The molecule has 0 bridgehead atoms. The number of benzene rings is 2. The maximum absolute atomic E-state index is 12.6. The number of pyridine rings is 1. The third kappa shape index (κ3) is 2.28. The van der Waals surface area contributed by atoms with Gasteiger partial charge in [-0.1, -0.05) is 47.5 Å². The molecule has 0 aliphatic rings. The van der Waals surface area contributed by atoms with E-state index in [0.717, 1.165) is 10.8 Å². The highest BCUT2D eigenvalue weighted by atomic mass is 35.5. The monoisotopic (exact) mass is 301 g/mol. The SMILES string of the molecule is O=C(c1ccc(Cl)c(Cl)c1)c1cncc2ccccc12. The van der Waals surface area contributed by atoms with Gasteiger partial charge >= 0.3 is 0 Å². The third-order valence-electron chi connectivity index (χ3n) is 3.09. The number of carbonyl (C=O) groups is 1. The first-order chi connectivity index (χ1) is 9.66. The quantitative estimate of drug-likeness (QED) is 0.638. The molecule has 98 valence electrons. The molecule has 2 aromatic carbocycles. The summed E-state index contributed by atoms with van der Waals surface area (Å²) in [6.45, 7) is 0. The Labute approximate surface area is 126 Å². The summed E-state index contributed by atoms with van der Waals surface area (Å²) in [5, 5.41) is 2.60. The fourth-order valence-corrected chi connectivity index (χ4v) is 2.39. The number of halogens is 2. The van der Waals surface area contributed by atoms with Gasteiger partial charge in [0, 0.05) is 28.9 Å². The van der Waals surface area contributed by atoms with Crippen molar-refractivity contribution >= 4 is 39.8 Å². The lowest BCUT2D eigenvalue weighted by molar-refractivity contribution is 0.104. The zero-order chi connectivity index (χ0) is 14.1. The summed E-state index contributed by atoms with van der Waals surface area (Å²) in [6.07, 6.45) is 3.31. The number of aromatic nitrogens is 1. The summed E-state index contributed by atoms with van der Waals surface area (Å²) in [5.74, 6) is -0.118. The zero-order valence-corrected chi connectivity index (χ0v) is 11.8. The molecule has 3 rings (SSSR count). The molecule has 0 amide bonds. The van der Waals surface area contributed by atoms with Gasteiger partial charge in [0.25, 0.3) is 0 Å². The van der Waals surface area contributed by atoms with E-state index in [1.54, 1.807) is 30.6 Å².